The average Bonchev–Trinajstić information content (AvgIpc) is 3.43. The zero-order chi connectivity index (χ0) is 16.9. The molecule has 1 aromatic carbocycles. The number of hydrogen-bond acceptors (Lipinski definition) is 4. The zero-order valence-electron chi connectivity index (χ0n) is 13.8. The summed E-state index contributed by atoms with van der Waals surface area (Å²) < 4.78 is 5.40. The van der Waals surface area contributed by atoms with Crippen LogP contribution in [0.15, 0.2) is 30.3 Å². The Morgan fingerprint density at radius 1 is 1.17 bits per heavy atom. The SMILES string of the molecule is O=C(O)CN(C1CC1)C1CCCN(C(=O)OCc2ccccc2)C1. The van der Waals surface area contributed by atoms with E-state index in [4.69, 9.17) is 9.84 Å². The molecule has 0 spiro atoms. The van der Waals surface area contributed by atoms with Gasteiger partial charge in [0.2, 0.25) is 0 Å². The monoisotopic (exact) mass is 332 g/mol. The number of hydrogen-bond donors (Lipinski definition) is 1. The van der Waals surface area contributed by atoms with Crippen molar-refractivity contribution in [1.29, 1.82) is 0 Å². The number of benzene rings is 1. The van der Waals surface area contributed by atoms with Crippen LogP contribution in [-0.4, -0.2) is 58.7 Å². The Kier molecular flexibility index (Phi) is 5.35. The van der Waals surface area contributed by atoms with Crippen LogP contribution in [0.1, 0.15) is 31.2 Å². The van der Waals surface area contributed by atoms with Crippen molar-refractivity contribution < 1.29 is 19.4 Å². The zero-order valence-corrected chi connectivity index (χ0v) is 13.8. The average molecular weight is 332 g/mol. The van der Waals surface area contributed by atoms with E-state index in [0.717, 1.165) is 31.2 Å². The van der Waals surface area contributed by atoms with Crippen LogP contribution in [0.5, 0.6) is 0 Å². The Morgan fingerprint density at radius 2 is 1.92 bits per heavy atom. The van der Waals surface area contributed by atoms with Crippen molar-refractivity contribution >= 4 is 12.1 Å². The highest BCUT2D eigenvalue weighted by Crippen LogP contribution is 2.31. The number of likely N-dealkylation sites (tertiary alicyclic amines) is 1. The molecule has 24 heavy (non-hydrogen) atoms. The maximum atomic E-state index is 12.3. The summed E-state index contributed by atoms with van der Waals surface area (Å²) in [5.41, 5.74) is 0.963. The van der Waals surface area contributed by atoms with Crippen LogP contribution in [0.4, 0.5) is 4.79 Å². The summed E-state index contributed by atoms with van der Waals surface area (Å²) in [7, 11) is 0. The van der Waals surface area contributed by atoms with E-state index in [2.05, 4.69) is 4.90 Å². The predicted octanol–water partition coefficient (Wildman–Crippen LogP) is 2.34. The number of carbonyl (C=O) groups is 2. The van der Waals surface area contributed by atoms with Crippen molar-refractivity contribution in [3.05, 3.63) is 35.9 Å². The maximum absolute atomic E-state index is 12.3. The van der Waals surface area contributed by atoms with E-state index < -0.39 is 5.97 Å². The molecule has 1 unspecified atom stereocenters. The summed E-state index contributed by atoms with van der Waals surface area (Å²) in [5, 5.41) is 9.13. The molecule has 2 aliphatic rings. The normalized spacial score (nSPS) is 20.9. The van der Waals surface area contributed by atoms with E-state index in [-0.39, 0.29) is 25.3 Å². The highest BCUT2D eigenvalue weighted by Gasteiger charge is 2.37. The van der Waals surface area contributed by atoms with Gasteiger partial charge in [0.1, 0.15) is 6.61 Å². The van der Waals surface area contributed by atoms with Crippen LogP contribution >= 0.6 is 0 Å². The molecule has 1 atom stereocenters. The molecule has 0 aromatic heterocycles. The molecule has 130 valence electrons. The summed E-state index contributed by atoms with van der Waals surface area (Å²) in [5.74, 6) is -0.800. The third kappa shape index (κ3) is 4.47. The number of carboxylic acids is 1. The Bertz CT molecular complexity index is 574. The molecule has 2 fully saturated rings. The van der Waals surface area contributed by atoms with Crippen molar-refractivity contribution in [2.24, 2.45) is 0 Å². The third-order valence-corrected chi connectivity index (χ3v) is 4.66. The van der Waals surface area contributed by atoms with Gasteiger partial charge in [-0.25, -0.2) is 4.79 Å². The van der Waals surface area contributed by atoms with Crippen LogP contribution in [-0.2, 0) is 16.1 Å². The minimum atomic E-state index is -0.800. The molecule has 1 saturated carbocycles. The standard InChI is InChI=1S/C18H24N2O4/c21-17(22)12-20(15-8-9-15)16-7-4-10-19(11-16)18(23)24-13-14-5-2-1-3-6-14/h1-3,5-6,15-16H,4,7-13H2,(H,21,22). The molecule has 1 N–H and O–H groups in total. The Morgan fingerprint density at radius 3 is 2.58 bits per heavy atom. The van der Waals surface area contributed by atoms with Crippen LogP contribution in [0.3, 0.4) is 0 Å². The molecular weight excluding hydrogens is 308 g/mol. The highest BCUT2D eigenvalue weighted by molar-refractivity contribution is 5.69. The lowest BCUT2D eigenvalue weighted by Gasteiger charge is -2.38. The first-order chi connectivity index (χ1) is 11.6. The lowest BCUT2D eigenvalue weighted by atomic mass is 10.0. The molecule has 0 bridgehead atoms. The minimum Gasteiger partial charge on any atom is -0.480 e. The molecule has 1 heterocycles. The third-order valence-electron chi connectivity index (χ3n) is 4.66. The van der Waals surface area contributed by atoms with Gasteiger partial charge in [-0.05, 0) is 31.2 Å². The largest absolute Gasteiger partial charge is 0.480 e. The summed E-state index contributed by atoms with van der Waals surface area (Å²) >= 11 is 0. The van der Waals surface area contributed by atoms with Gasteiger partial charge in [0, 0.05) is 25.2 Å². The van der Waals surface area contributed by atoms with E-state index in [1.54, 1.807) is 4.90 Å². The minimum absolute atomic E-state index is 0.0578. The van der Waals surface area contributed by atoms with Gasteiger partial charge in [-0.15, -0.1) is 0 Å². The van der Waals surface area contributed by atoms with Crippen LogP contribution < -0.4 is 0 Å². The van der Waals surface area contributed by atoms with Gasteiger partial charge < -0.3 is 14.7 Å². The summed E-state index contributed by atoms with van der Waals surface area (Å²) in [6.07, 6.45) is 3.62. The van der Waals surface area contributed by atoms with Crippen LogP contribution in [0.25, 0.3) is 0 Å². The van der Waals surface area contributed by atoms with E-state index >= 15 is 0 Å². The first-order valence-corrected chi connectivity index (χ1v) is 8.56. The van der Waals surface area contributed by atoms with Gasteiger partial charge in [0.15, 0.2) is 0 Å². The number of carboxylic acid groups (broad SMARTS) is 1. The number of rotatable bonds is 6. The van der Waals surface area contributed by atoms with Crippen LogP contribution in [0, 0.1) is 0 Å². The van der Waals surface area contributed by atoms with E-state index in [9.17, 15) is 9.59 Å². The molecule has 1 amide bonds. The number of carbonyl (C=O) groups excluding carboxylic acids is 1. The second-order valence-electron chi connectivity index (χ2n) is 6.58. The molecule has 1 aliphatic carbocycles. The van der Waals surface area contributed by atoms with E-state index in [0.29, 0.717) is 19.1 Å². The fourth-order valence-corrected chi connectivity index (χ4v) is 3.32. The summed E-state index contributed by atoms with van der Waals surface area (Å²) in [6, 6.07) is 10.1. The number of ether oxygens (including phenoxy) is 1. The molecule has 1 aromatic rings. The first kappa shape index (κ1) is 16.8. The van der Waals surface area contributed by atoms with Gasteiger partial charge in [0.05, 0.1) is 6.54 Å². The second-order valence-corrected chi connectivity index (χ2v) is 6.58. The van der Waals surface area contributed by atoms with Crippen molar-refractivity contribution in [1.82, 2.24) is 9.80 Å². The lowest BCUT2D eigenvalue weighted by molar-refractivity contribution is -0.139. The van der Waals surface area contributed by atoms with Gasteiger partial charge in [-0.2, -0.15) is 0 Å². The fourth-order valence-electron chi connectivity index (χ4n) is 3.32. The fraction of sp³-hybridized carbons (Fsp3) is 0.556. The molecule has 3 rings (SSSR count). The molecule has 6 heteroatoms. The van der Waals surface area contributed by atoms with Gasteiger partial charge in [0.25, 0.3) is 0 Å². The van der Waals surface area contributed by atoms with E-state index in [1.165, 1.54) is 0 Å². The smallest absolute Gasteiger partial charge is 0.410 e. The summed E-state index contributed by atoms with van der Waals surface area (Å²) in [6.45, 7) is 1.55. The number of amides is 1. The molecule has 1 saturated heterocycles. The van der Waals surface area contributed by atoms with Gasteiger partial charge in [-0.3, -0.25) is 9.69 Å². The summed E-state index contributed by atoms with van der Waals surface area (Å²) in [4.78, 5) is 27.2. The Labute approximate surface area is 142 Å². The van der Waals surface area contributed by atoms with Crippen molar-refractivity contribution in [3.8, 4) is 0 Å². The molecular formula is C18H24N2O4. The lowest BCUT2D eigenvalue weighted by Crippen LogP contribution is -2.51. The van der Waals surface area contributed by atoms with Gasteiger partial charge >= 0.3 is 12.1 Å². The Hall–Kier alpha value is -2.08. The van der Waals surface area contributed by atoms with E-state index in [1.807, 2.05) is 30.3 Å². The molecule has 1 aliphatic heterocycles. The topological polar surface area (TPSA) is 70.1 Å². The van der Waals surface area contributed by atoms with Crippen LogP contribution in [0.2, 0.25) is 0 Å². The van der Waals surface area contributed by atoms with Gasteiger partial charge in [-0.1, -0.05) is 30.3 Å². The Balaban J connectivity index is 1.54. The highest BCUT2D eigenvalue weighted by atomic mass is 16.6. The van der Waals surface area contributed by atoms with Crippen molar-refractivity contribution in [2.45, 2.75) is 44.4 Å². The first-order valence-electron chi connectivity index (χ1n) is 8.56. The maximum Gasteiger partial charge on any atom is 0.410 e. The molecule has 0 radical (unpaired) electrons. The number of piperidine rings is 1. The molecule has 6 nitrogen and oxygen atoms in total. The number of nitrogens with zero attached hydrogens (tertiary/aromatic N) is 2. The van der Waals surface area contributed by atoms with Crippen molar-refractivity contribution in [3.63, 3.8) is 0 Å². The quantitative estimate of drug-likeness (QED) is 0.866. The second kappa shape index (κ2) is 7.66. The number of aliphatic carboxylic acids is 1. The predicted molar refractivity (Wildman–Crippen MR) is 88.6 cm³/mol. The van der Waals surface area contributed by atoms with Crippen molar-refractivity contribution in [2.75, 3.05) is 19.6 Å².